The summed E-state index contributed by atoms with van der Waals surface area (Å²) in [4.78, 5) is 0. The average Bonchev–Trinajstić information content (AvgIpc) is 2.80. The molecule has 1 aromatic heterocycles. The quantitative estimate of drug-likeness (QED) is 0.794. The van der Waals surface area contributed by atoms with Crippen LogP contribution in [0.4, 0.5) is 0 Å². The van der Waals surface area contributed by atoms with Crippen LogP contribution in [0.2, 0.25) is 0 Å². The number of rotatable bonds is 6. The molecule has 1 aromatic carbocycles. The van der Waals surface area contributed by atoms with E-state index in [2.05, 4.69) is 36.5 Å². The second kappa shape index (κ2) is 6.03. The highest BCUT2D eigenvalue weighted by Gasteiger charge is 2.15. The lowest BCUT2D eigenvalue weighted by atomic mass is 10.1. The summed E-state index contributed by atoms with van der Waals surface area (Å²) in [6.45, 7) is 5.59. The van der Waals surface area contributed by atoms with E-state index in [-0.39, 0.29) is 6.04 Å². The zero-order chi connectivity index (χ0) is 13.0. The predicted molar refractivity (Wildman–Crippen MR) is 73.9 cm³/mol. The van der Waals surface area contributed by atoms with Gasteiger partial charge in [-0.15, -0.1) is 0 Å². The van der Waals surface area contributed by atoms with Crippen molar-refractivity contribution in [3.63, 3.8) is 0 Å². The number of nitrogens with one attached hydrogen (secondary N) is 1. The molecule has 0 fully saturated rings. The molecule has 0 spiro atoms. The van der Waals surface area contributed by atoms with Gasteiger partial charge in [-0.05, 0) is 38.9 Å². The van der Waals surface area contributed by atoms with Crippen molar-refractivity contribution in [3.05, 3.63) is 35.6 Å². The van der Waals surface area contributed by atoms with Gasteiger partial charge in [-0.3, -0.25) is 0 Å². The molecule has 0 aliphatic rings. The number of ether oxygens (including phenoxy) is 1. The van der Waals surface area contributed by atoms with E-state index < -0.39 is 0 Å². The molecule has 98 valence electrons. The highest BCUT2D eigenvalue weighted by atomic mass is 16.5. The van der Waals surface area contributed by atoms with E-state index in [9.17, 15) is 0 Å². The van der Waals surface area contributed by atoms with Gasteiger partial charge in [-0.2, -0.15) is 0 Å². The van der Waals surface area contributed by atoms with Crippen LogP contribution >= 0.6 is 0 Å². The first kappa shape index (κ1) is 13.1. The lowest BCUT2D eigenvalue weighted by Crippen LogP contribution is -2.17. The summed E-state index contributed by atoms with van der Waals surface area (Å²) >= 11 is 0. The highest BCUT2D eigenvalue weighted by molar-refractivity contribution is 5.80. The second-order valence-electron chi connectivity index (χ2n) is 4.47. The van der Waals surface area contributed by atoms with E-state index in [0.717, 1.165) is 31.0 Å². The standard InChI is InChI=1S/C15H21NO2/c1-4-17-9-8-13(16-3)14-10-12-7-5-6-11(2)15(12)18-14/h5-7,10,13,16H,4,8-9H2,1-3H3. The van der Waals surface area contributed by atoms with E-state index in [4.69, 9.17) is 9.15 Å². The predicted octanol–water partition coefficient (Wildman–Crippen LogP) is 3.43. The van der Waals surface area contributed by atoms with Crippen molar-refractivity contribution >= 4 is 11.0 Å². The van der Waals surface area contributed by atoms with E-state index in [1.165, 1.54) is 10.9 Å². The minimum Gasteiger partial charge on any atom is -0.459 e. The lowest BCUT2D eigenvalue weighted by Gasteiger charge is -2.12. The Morgan fingerprint density at radius 3 is 2.89 bits per heavy atom. The largest absolute Gasteiger partial charge is 0.459 e. The molecule has 1 N–H and O–H groups in total. The van der Waals surface area contributed by atoms with Crippen molar-refractivity contribution in [2.75, 3.05) is 20.3 Å². The average molecular weight is 247 g/mol. The Balaban J connectivity index is 2.20. The van der Waals surface area contributed by atoms with Crippen LogP contribution in [0.15, 0.2) is 28.7 Å². The zero-order valence-electron chi connectivity index (χ0n) is 11.3. The summed E-state index contributed by atoms with van der Waals surface area (Å²) in [5.74, 6) is 0.988. The van der Waals surface area contributed by atoms with Crippen LogP contribution in [-0.4, -0.2) is 20.3 Å². The van der Waals surface area contributed by atoms with E-state index in [1.54, 1.807) is 0 Å². The number of fused-ring (bicyclic) bond motifs is 1. The summed E-state index contributed by atoms with van der Waals surface area (Å²) in [5.41, 5.74) is 2.17. The van der Waals surface area contributed by atoms with Gasteiger partial charge in [0.2, 0.25) is 0 Å². The molecule has 2 rings (SSSR count). The van der Waals surface area contributed by atoms with E-state index in [0.29, 0.717) is 0 Å². The third-order valence-corrected chi connectivity index (χ3v) is 3.21. The van der Waals surface area contributed by atoms with E-state index >= 15 is 0 Å². The first-order valence-electron chi connectivity index (χ1n) is 6.50. The van der Waals surface area contributed by atoms with Gasteiger partial charge in [0, 0.05) is 18.6 Å². The number of benzene rings is 1. The van der Waals surface area contributed by atoms with Crippen LogP contribution in [0.5, 0.6) is 0 Å². The highest BCUT2D eigenvalue weighted by Crippen LogP contribution is 2.27. The Morgan fingerprint density at radius 1 is 1.39 bits per heavy atom. The first-order chi connectivity index (χ1) is 8.76. The van der Waals surface area contributed by atoms with Crippen LogP contribution in [0.25, 0.3) is 11.0 Å². The number of hydrogen-bond acceptors (Lipinski definition) is 3. The van der Waals surface area contributed by atoms with Crippen molar-refractivity contribution in [1.29, 1.82) is 0 Å². The lowest BCUT2D eigenvalue weighted by molar-refractivity contribution is 0.135. The Hall–Kier alpha value is -1.32. The molecule has 3 heteroatoms. The molecule has 0 amide bonds. The summed E-state index contributed by atoms with van der Waals surface area (Å²) in [5, 5.41) is 4.45. The molecule has 1 unspecified atom stereocenters. The van der Waals surface area contributed by atoms with Crippen molar-refractivity contribution < 1.29 is 9.15 Å². The van der Waals surface area contributed by atoms with Crippen molar-refractivity contribution in [2.24, 2.45) is 0 Å². The Labute approximate surface area is 108 Å². The molecule has 0 saturated heterocycles. The van der Waals surface area contributed by atoms with Gasteiger partial charge >= 0.3 is 0 Å². The fourth-order valence-electron chi connectivity index (χ4n) is 2.17. The molecule has 1 heterocycles. The van der Waals surface area contributed by atoms with Gasteiger partial charge in [0.1, 0.15) is 11.3 Å². The van der Waals surface area contributed by atoms with Gasteiger partial charge in [0.05, 0.1) is 6.04 Å². The van der Waals surface area contributed by atoms with Gasteiger partial charge in [-0.1, -0.05) is 18.2 Å². The van der Waals surface area contributed by atoms with Crippen LogP contribution < -0.4 is 5.32 Å². The van der Waals surface area contributed by atoms with Crippen molar-refractivity contribution in [3.8, 4) is 0 Å². The fourth-order valence-corrected chi connectivity index (χ4v) is 2.17. The molecule has 2 aromatic rings. The van der Waals surface area contributed by atoms with Crippen molar-refractivity contribution in [1.82, 2.24) is 5.32 Å². The minimum atomic E-state index is 0.211. The summed E-state index contributed by atoms with van der Waals surface area (Å²) in [6.07, 6.45) is 0.920. The van der Waals surface area contributed by atoms with Crippen LogP contribution in [0.3, 0.4) is 0 Å². The third-order valence-electron chi connectivity index (χ3n) is 3.21. The Bertz CT molecular complexity index is 504. The topological polar surface area (TPSA) is 34.4 Å². The van der Waals surface area contributed by atoms with Gasteiger partial charge < -0.3 is 14.5 Å². The zero-order valence-corrected chi connectivity index (χ0v) is 11.3. The molecule has 0 saturated carbocycles. The maximum Gasteiger partial charge on any atom is 0.137 e. The van der Waals surface area contributed by atoms with Crippen molar-refractivity contribution in [2.45, 2.75) is 26.3 Å². The van der Waals surface area contributed by atoms with Gasteiger partial charge in [0.25, 0.3) is 0 Å². The number of aryl methyl sites for hydroxylation is 1. The molecule has 0 radical (unpaired) electrons. The Morgan fingerprint density at radius 2 is 2.22 bits per heavy atom. The first-order valence-corrected chi connectivity index (χ1v) is 6.50. The molecular weight excluding hydrogens is 226 g/mol. The fraction of sp³-hybridized carbons (Fsp3) is 0.467. The summed E-state index contributed by atoms with van der Waals surface area (Å²) in [6, 6.07) is 8.55. The van der Waals surface area contributed by atoms with Crippen LogP contribution in [-0.2, 0) is 4.74 Å². The smallest absolute Gasteiger partial charge is 0.137 e. The maximum absolute atomic E-state index is 5.96. The summed E-state index contributed by atoms with van der Waals surface area (Å²) in [7, 11) is 1.96. The van der Waals surface area contributed by atoms with Crippen LogP contribution in [0.1, 0.15) is 30.7 Å². The molecule has 18 heavy (non-hydrogen) atoms. The third kappa shape index (κ3) is 2.74. The molecule has 0 aliphatic heterocycles. The Kier molecular flexibility index (Phi) is 4.39. The van der Waals surface area contributed by atoms with E-state index in [1.807, 2.05) is 14.0 Å². The maximum atomic E-state index is 5.96. The summed E-state index contributed by atoms with van der Waals surface area (Å²) < 4.78 is 11.4. The number of furan rings is 1. The molecule has 1 atom stereocenters. The molecular formula is C15H21NO2. The van der Waals surface area contributed by atoms with Gasteiger partial charge in [-0.25, -0.2) is 0 Å². The number of para-hydroxylation sites is 1. The molecule has 0 aliphatic carbocycles. The van der Waals surface area contributed by atoms with Crippen LogP contribution in [0, 0.1) is 6.92 Å². The number of hydrogen-bond donors (Lipinski definition) is 1. The monoisotopic (exact) mass is 247 g/mol. The van der Waals surface area contributed by atoms with Gasteiger partial charge in [0.15, 0.2) is 0 Å². The molecule has 3 nitrogen and oxygen atoms in total. The second-order valence-corrected chi connectivity index (χ2v) is 4.47. The minimum absolute atomic E-state index is 0.211. The SMILES string of the molecule is CCOCCC(NC)c1cc2cccc(C)c2o1. The normalized spacial score (nSPS) is 13.1. The molecule has 0 bridgehead atoms.